The number of nitrogens with zero attached hydrogens (tertiary/aromatic N) is 1. The van der Waals surface area contributed by atoms with Crippen LogP contribution in [0.25, 0.3) is 0 Å². The van der Waals surface area contributed by atoms with E-state index in [4.69, 9.17) is 0 Å². The van der Waals surface area contributed by atoms with Crippen LogP contribution in [-0.4, -0.2) is 23.2 Å². The third-order valence-corrected chi connectivity index (χ3v) is 1.76. The predicted molar refractivity (Wildman–Crippen MR) is 46.9 cm³/mol. The molecule has 0 saturated heterocycles. The minimum absolute atomic E-state index is 0.212. The molecular weight excluding hydrogens is 208 g/mol. The Morgan fingerprint density at radius 3 is 2.67 bits per heavy atom. The molecule has 1 heterocycles. The standard InChI is InChI=1S/C9H9F2NO3/c1-4-3-5(9(14)15-2)7(13)6(12-4)8(10)11/h3,8,13H,1-2H3. The molecule has 15 heavy (non-hydrogen) atoms. The van der Waals surface area contributed by atoms with E-state index in [1.54, 1.807) is 0 Å². The van der Waals surface area contributed by atoms with E-state index in [9.17, 15) is 18.7 Å². The number of pyridine rings is 1. The average Bonchev–Trinajstić information content (AvgIpc) is 2.19. The quantitative estimate of drug-likeness (QED) is 0.767. The highest BCUT2D eigenvalue weighted by molar-refractivity contribution is 5.92. The SMILES string of the molecule is COC(=O)c1cc(C)nc(C(F)F)c1O. The first-order valence-electron chi connectivity index (χ1n) is 4.04. The molecule has 0 radical (unpaired) electrons. The first-order valence-corrected chi connectivity index (χ1v) is 4.04. The van der Waals surface area contributed by atoms with Crippen LogP contribution in [0.4, 0.5) is 8.78 Å². The second-order valence-electron chi connectivity index (χ2n) is 2.84. The van der Waals surface area contributed by atoms with Crippen LogP contribution in [0, 0.1) is 6.92 Å². The van der Waals surface area contributed by atoms with Gasteiger partial charge >= 0.3 is 5.97 Å². The molecule has 0 fully saturated rings. The molecule has 6 heteroatoms. The average molecular weight is 217 g/mol. The Morgan fingerprint density at radius 2 is 2.20 bits per heavy atom. The minimum Gasteiger partial charge on any atom is -0.505 e. The van der Waals surface area contributed by atoms with Crippen molar-refractivity contribution in [3.05, 3.63) is 23.0 Å². The summed E-state index contributed by atoms with van der Waals surface area (Å²) in [4.78, 5) is 14.5. The number of hydrogen-bond donors (Lipinski definition) is 1. The maximum absolute atomic E-state index is 12.4. The van der Waals surface area contributed by atoms with Gasteiger partial charge in [-0.25, -0.2) is 18.6 Å². The smallest absolute Gasteiger partial charge is 0.341 e. The lowest BCUT2D eigenvalue weighted by molar-refractivity contribution is 0.0595. The molecule has 0 saturated carbocycles. The Bertz CT molecular complexity index is 393. The van der Waals surface area contributed by atoms with E-state index >= 15 is 0 Å². The van der Waals surface area contributed by atoms with Crippen molar-refractivity contribution in [1.82, 2.24) is 4.98 Å². The van der Waals surface area contributed by atoms with Gasteiger partial charge in [0.15, 0.2) is 5.75 Å². The summed E-state index contributed by atoms with van der Waals surface area (Å²) in [5.74, 6) is -1.71. The summed E-state index contributed by atoms with van der Waals surface area (Å²) in [6, 6.07) is 1.19. The molecule has 0 amide bonds. The Hall–Kier alpha value is -1.72. The van der Waals surface area contributed by atoms with Gasteiger partial charge in [-0.05, 0) is 13.0 Å². The Kier molecular flexibility index (Phi) is 3.18. The van der Waals surface area contributed by atoms with Crippen molar-refractivity contribution in [1.29, 1.82) is 0 Å². The molecule has 0 aromatic carbocycles. The fourth-order valence-electron chi connectivity index (χ4n) is 1.11. The van der Waals surface area contributed by atoms with Gasteiger partial charge in [-0.15, -0.1) is 0 Å². The number of methoxy groups -OCH3 is 1. The van der Waals surface area contributed by atoms with Gasteiger partial charge in [-0.1, -0.05) is 0 Å². The molecule has 4 nitrogen and oxygen atoms in total. The molecule has 0 aliphatic rings. The normalized spacial score (nSPS) is 10.5. The number of carbonyl (C=O) groups is 1. The molecule has 1 N–H and O–H groups in total. The lowest BCUT2D eigenvalue weighted by Gasteiger charge is -2.08. The van der Waals surface area contributed by atoms with E-state index < -0.39 is 23.8 Å². The van der Waals surface area contributed by atoms with Crippen LogP contribution in [-0.2, 0) is 4.74 Å². The van der Waals surface area contributed by atoms with Gasteiger partial charge in [0.05, 0.1) is 7.11 Å². The summed E-state index contributed by atoms with van der Waals surface area (Å²) in [6.45, 7) is 1.44. The van der Waals surface area contributed by atoms with E-state index in [-0.39, 0.29) is 11.3 Å². The second kappa shape index (κ2) is 4.20. The lowest BCUT2D eigenvalue weighted by Crippen LogP contribution is -2.06. The molecule has 0 aliphatic carbocycles. The fourth-order valence-corrected chi connectivity index (χ4v) is 1.11. The van der Waals surface area contributed by atoms with Gasteiger partial charge in [0.2, 0.25) is 0 Å². The molecular formula is C9H9F2NO3. The molecule has 82 valence electrons. The summed E-state index contributed by atoms with van der Waals surface area (Å²) in [5.41, 5.74) is -0.904. The van der Waals surface area contributed by atoms with E-state index in [1.165, 1.54) is 13.0 Å². The first-order chi connectivity index (χ1) is 6.97. The number of alkyl halides is 2. The highest BCUT2D eigenvalue weighted by Gasteiger charge is 2.22. The minimum atomic E-state index is -2.94. The Labute approximate surface area is 84.5 Å². The van der Waals surface area contributed by atoms with Crippen molar-refractivity contribution < 1.29 is 23.4 Å². The molecule has 0 aliphatic heterocycles. The van der Waals surface area contributed by atoms with Gasteiger partial charge in [0, 0.05) is 5.69 Å². The first kappa shape index (κ1) is 11.4. The van der Waals surface area contributed by atoms with E-state index in [0.717, 1.165) is 7.11 Å². The van der Waals surface area contributed by atoms with E-state index in [0.29, 0.717) is 0 Å². The molecule has 0 bridgehead atoms. The topological polar surface area (TPSA) is 59.4 Å². The van der Waals surface area contributed by atoms with Gasteiger partial charge in [-0.3, -0.25) is 0 Å². The number of rotatable bonds is 2. The fraction of sp³-hybridized carbons (Fsp3) is 0.333. The molecule has 1 aromatic rings. The number of aromatic hydroxyl groups is 1. The number of halogens is 2. The van der Waals surface area contributed by atoms with Gasteiger partial charge in [0.25, 0.3) is 6.43 Å². The van der Waals surface area contributed by atoms with Crippen LogP contribution in [0.15, 0.2) is 6.07 Å². The largest absolute Gasteiger partial charge is 0.505 e. The number of ether oxygens (including phenoxy) is 1. The van der Waals surface area contributed by atoms with Crippen molar-refractivity contribution in [2.45, 2.75) is 13.3 Å². The molecule has 1 aromatic heterocycles. The van der Waals surface area contributed by atoms with Gasteiger partial charge in [0.1, 0.15) is 11.3 Å². The highest BCUT2D eigenvalue weighted by Crippen LogP contribution is 2.30. The lowest BCUT2D eigenvalue weighted by atomic mass is 10.1. The zero-order chi connectivity index (χ0) is 11.6. The molecule has 0 spiro atoms. The Morgan fingerprint density at radius 1 is 1.60 bits per heavy atom. The van der Waals surface area contributed by atoms with Crippen molar-refractivity contribution in [2.75, 3.05) is 7.11 Å². The third kappa shape index (κ3) is 2.20. The summed E-state index contributed by atoms with van der Waals surface area (Å²) in [6.07, 6.45) is -2.94. The predicted octanol–water partition coefficient (Wildman–Crippen LogP) is 1.82. The third-order valence-electron chi connectivity index (χ3n) is 1.76. The van der Waals surface area contributed by atoms with Crippen LogP contribution in [0.5, 0.6) is 5.75 Å². The molecule has 0 unspecified atom stereocenters. The number of carbonyl (C=O) groups excluding carboxylic acids is 1. The van der Waals surface area contributed by atoms with Gasteiger partial charge in [-0.2, -0.15) is 0 Å². The van der Waals surface area contributed by atoms with Crippen molar-refractivity contribution in [2.24, 2.45) is 0 Å². The number of hydrogen-bond acceptors (Lipinski definition) is 4. The van der Waals surface area contributed by atoms with Crippen molar-refractivity contribution >= 4 is 5.97 Å². The van der Waals surface area contributed by atoms with Crippen LogP contribution < -0.4 is 0 Å². The van der Waals surface area contributed by atoms with Gasteiger partial charge < -0.3 is 9.84 Å². The number of aryl methyl sites for hydroxylation is 1. The molecule has 1 rings (SSSR count). The maximum atomic E-state index is 12.4. The van der Waals surface area contributed by atoms with Crippen LogP contribution in [0.3, 0.4) is 0 Å². The van der Waals surface area contributed by atoms with Crippen molar-refractivity contribution in [3.8, 4) is 5.75 Å². The van der Waals surface area contributed by atoms with Crippen LogP contribution in [0.1, 0.15) is 28.2 Å². The summed E-state index contributed by atoms with van der Waals surface area (Å²) >= 11 is 0. The maximum Gasteiger partial charge on any atom is 0.341 e. The van der Waals surface area contributed by atoms with Crippen LogP contribution >= 0.6 is 0 Å². The van der Waals surface area contributed by atoms with E-state index in [2.05, 4.69) is 9.72 Å². The highest BCUT2D eigenvalue weighted by atomic mass is 19.3. The zero-order valence-electron chi connectivity index (χ0n) is 8.12. The monoisotopic (exact) mass is 217 g/mol. The zero-order valence-corrected chi connectivity index (χ0v) is 8.12. The second-order valence-corrected chi connectivity index (χ2v) is 2.84. The molecule has 0 atom stereocenters. The summed E-state index contributed by atoms with van der Waals surface area (Å²) in [7, 11) is 1.10. The summed E-state index contributed by atoms with van der Waals surface area (Å²) < 4.78 is 29.1. The number of aromatic nitrogens is 1. The summed E-state index contributed by atoms with van der Waals surface area (Å²) in [5, 5.41) is 9.34. The van der Waals surface area contributed by atoms with Crippen molar-refractivity contribution in [3.63, 3.8) is 0 Å². The van der Waals surface area contributed by atoms with Crippen LogP contribution in [0.2, 0.25) is 0 Å². The Balaban J connectivity index is 3.34. The van der Waals surface area contributed by atoms with E-state index in [1.807, 2.05) is 0 Å². The number of esters is 1.